The lowest BCUT2D eigenvalue weighted by Crippen LogP contribution is -2.31. The quantitative estimate of drug-likeness (QED) is 0.889. The van der Waals surface area contributed by atoms with E-state index in [0.717, 1.165) is 18.7 Å². The summed E-state index contributed by atoms with van der Waals surface area (Å²) in [5, 5.41) is 9.12. The van der Waals surface area contributed by atoms with E-state index in [-0.39, 0.29) is 12.5 Å². The largest absolute Gasteiger partial charge is 0.481 e. The van der Waals surface area contributed by atoms with E-state index in [4.69, 9.17) is 5.11 Å². The zero-order valence-electron chi connectivity index (χ0n) is 10.7. The zero-order valence-corrected chi connectivity index (χ0v) is 10.7. The van der Waals surface area contributed by atoms with Crippen LogP contribution in [0, 0.1) is 0 Å². The minimum atomic E-state index is -0.715. The maximum Gasteiger partial charge on any atom is 0.305 e. The van der Waals surface area contributed by atoms with Crippen LogP contribution < -0.4 is 0 Å². The molecule has 1 heterocycles. The van der Waals surface area contributed by atoms with Crippen LogP contribution in [0.15, 0.2) is 30.3 Å². The SMILES string of the molecule is O=C(O)CC(c1ccccc1)N1CCCCCC1. The molecule has 1 aliphatic rings. The minimum Gasteiger partial charge on any atom is -0.481 e. The van der Waals surface area contributed by atoms with Crippen LogP contribution in [-0.2, 0) is 4.79 Å². The smallest absolute Gasteiger partial charge is 0.305 e. The predicted octanol–water partition coefficient (Wildman–Crippen LogP) is 3.08. The fraction of sp³-hybridized carbons (Fsp3) is 0.533. The van der Waals surface area contributed by atoms with Crippen molar-refractivity contribution in [2.24, 2.45) is 0 Å². The first kappa shape index (κ1) is 13.1. The van der Waals surface area contributed by atoms with E-state index >= 15 is 0 Å². The lowest BCUT2D eigenvalue weighted by molar-refractivity contribution is -0.138. The molecule has 0 spiro atoms. The van der Waals surface area contributed by atoms with E-state index < -0.39 is 5.97 Å². The van der Waals surface area contributed by atoms with Crippen molar-refractivity contribution in [1.82, 2.24) is 4.90 Å². The summed E-state index contributed by atoms with van der Waals surface area (Å²) in [4.78, 5) is 13.4. The Kier molecular flexibility index (Phi) is 4.76. The molecule has 98 valence electrons. The number of benzene rings is 1. The topological polar surface area (TPSA) is 40.5 Å². The molecule has 2 rings (SSSR count). The number of carbonyl (C=O) groups is 1. The van der Waals surface area contributed by atoms with Gasteiger partial charge in [0.2, 0.25) is 0 Å². The van der Waals surface area contributed by atoms with Gasteiger partial charge >= 0.3 is 5.97 Å². The maximum absolute atomic E-state index is 11.1. The molecule has 0 radical (unpaired) electrons. The van der Waals surface area contributed by atoms with Crippen LogP contribution in [0.3, 0.4) is 0 Å². The molecule has 18 heavy (non-hydrogen) atoms. The van der Waals surface area contributed by atoms with Crippen LogP contribution in [0.2, 0.25) is 0 Å². The van der Waals surface area contributed by atoms with Gasteiger partial charge in [0.05, 0.1) is 6.42 Å². The molecule has 3 heteroatoms. The predicted molar refractivity (Wildman–Crippen MR) is 71.5 cm³/mol. The number of carboxylic acids is 1. The van der Waals surface area contributed by atoms with E-state index in [1.54, 1.807) is 0 Å². The van der Waals surface area contributed by atoms with Gasteiger partial charge < -0.3 is 5.11 Å². The molecule has 1 atom stereocenters. The van der Waals surface area contributed by atoms with Gasteiger partial charge in [-0.25, -0.2) is 0 Å². The first-order valence-corrected chi connectivity index (χ1v) is 6.78. The third-order valence-electron chi connectivity index (χ3n) is 3.63. The second-order valence-electron chi connectivity index (χ2n) is 4.97. The molecule has 1 saturated heterocycles. The monoisotopic (exact) mass is 247 g/mol. The Hall–Kier alpha value is -1.35. The molecule has 1 aromatic rings. The zero-order chi connectivity index (χ0) is 12.8. The average molecular weight is 247 g/mol. The van der Waals surface area contributed by atoms with Crippen molar-refractivity contribution in [2.45, 2.75) is 38.1 Å². The number of rotatable bonds is 4. The van der Waals surface area contributed by atoms with Crippen molar-refractivity contribution < 1.29 is 9.90 Å². The first-order valence-electron chi connectivity index (χ1n) is 6.78. The first-order chi connectivity index (χ1) is 8.77. The molecular weight excluding hydrogens is 226 g/mol. The molecular formula is C15H21NO2. The summed E-state index contributed by atoms with van der Waals surface area (Å²) < 4.78 is 0. The second-order valence-corrected chi connectivity index (χ2v) is 4.97. The summed E-state index contributed by atoms with van der Waals surface area (Å²) in [5.41, 5.74) is 1.13. The van der Waals surface area contributed by atoms with Gasteiger partial charge in [0.15, 0.2) is 0 Å². The van der Waals surface area contributed by atoms with Crippen molar-refractivity contribution in [3.05, 3.63) is 35.9 Å². The Morgan fingerprint density at radius 3 is 2.28 bits per heavy atom. The molecule has 0 bridgehead atoms. The summed E-state index contributed by atoms with van der Waals surface area (Å²) in [6, 6.07) is 10.1. The molecule has 0 aliphatic carbocycles. The second kappa shape index (κ2) is 6.55. The summed E-state index contributed by atoms with van der Waals surface area (Å²) in [5.74, 6) is -0.715. The normalized spacial score (nSPS) is 19.1. The standard InChI is InChI=1S/C15H21NO2/c17-15(18)12-14(13-8-4-3-5-9-13)16-10-6-1-2-7-11-16/h3-5,8-9,14H,1-2,6-7,10-12H2,(H,17,18). The highest BCUT2D eigenvalue weighted by Crippen LogP contribution is 2.27. The molecule has 0 saturated carbocycles. The van der Waals surface area contributed by atoms with Crippen LogP contribution in [0.5, 0.6) is 0 Å². The highest BCUT2D eigenvalue weighted by Gasteiger charge is 2.23. The Balaban J connectivity index is 2.15. The van der Waals surface area contributed by atoms with Gasteiger partial charge in [-0.2, -0.15) is 0 Å². The van der Waals surface area contributed by atoms with Gasteiger partial charge in [-0.05, 0) is 31.5 Å². The summed E-state index contributed by atoms with van der Waals surface area (Å²) in [6.07, 6.45) is 5.10. The van der Waals surface area contributed by atoms with Crippen molar-refractivity contribution in [3.8, 4) is 0 Å². The van der Waals surface area contributed by atoms with Gasteiger partial charge in [0.25, 0.3) is 0 Å². The van der Waals surface area contributed by atoms with Gasteiger partial charge in [-0.3, -0.25) is 9.69 Å². The van der Waals surface area contributed by atoms with Gasteiger partial charge in [0.1, 0.15) is 0 Å². The number of hydrogen-bond donors (Lipinski definition) is 1. The number of nitrogens with zero attached hydrogens (tertiary/aromatic N) is 1. The average Bonchev–Trinajstić information content (AvgIpc) is 2.65. The number of aliphatic carboxylic acids is 1. The van der Waals surface area contributed by atoms with E-state index in [2.05, 4.69) is 4.90 Å². The molecule has 0 amide bonds. The fourth-order valence-corrected chi connectivity index (χ4v) is 2.71. The van der Waals surface area contributed by atoms with E-state index in [1.165, 1.54) is 25.7 Å². The van der Waals surface area contributed by atoms with E-state index in [9.17, 15) is 4.79 Å². The summed E-state index contributed by atoms with van der Waals surface area (Å²) >= 11 is 0. The fourth-order valence-electron chi connectivity index (χ4n) is 2.71. The molecule has 1 aliphatic heterocycles. The van der Waals surface area contributed by atoms with Crippen molar-refractivity contribution in [3.63, 3.8) is 0 Å². The Morgan fingerprint density at radius 1 is 1.11 bits per heavy atom. The molecule has 3 nitrogen and oxygen atoms in total. The van der Waals surface area contributed by atoms with Crippen molar-refractivity contribution >= 4 is 5.97 Å². The summed E-state index contributed by atoms with van der Waals surface area (Å²) in [6.45, 7) is 2.04. The van der Waals surface area contributed by atoms with Crippen LogP contribution >= 0.6 is 0 Å². The van der Waals surface area contributed by atoms with Crippen LogP contribution in [0.1, 0.15) is 43.7 Å². The number of likely N-dealkylation sites (tertiary alicyclic amines) is 1. The van der Waals surface area contributed by atoms with Gasteiger partial charge in [-0.15, -0.1) is 0 Å². The highest BCUT2D eigenvalue weighted by molar-refractivity contribution is 5.67. The Labute approximate surface area is 108 Å². The lowest BCUT2D eigenvalue weighted by Gasteiger charge is -2.30. The summed E-state index contributed by atoms with van der Waals surface area (Å²) in [7, 11) is 0. The maximum atomic E-state index is 11.1. The van der Waals surface area contributed by atoms with Crippen molar-refractivity contribution in [1.29, 1.82) is 0 Å². The third kappa shape index (κ3) is 3.57. The molecule has 1 unspecified atom stereocenters. The number of hydrogen-bond acceptors (Lipinski definition) is 2. The van der Waals surface area contributed by atoms with Crippen LogP contribution in [0.25, 0.3) is 0 Å². The van der Waals surface area contributed by atoms with Gasteiger partial charge in [0, 0.05) is 6.04 Å². The molecule has 1 fully saturated rings. The van der Waals surface area contributed by atoms with Crippen LogP contribution in [-0.4, -0.2) is 29.1 Å². The molecule has 0 aromatic heterocycles. The third-order valence-corrected chi connectivity index (χ3v) is 3.63. The van der Waals surface area contributed by atoms with E-state index in [1.807, 2.05) is 30.3 Å². The lowest BCUT2D eigenvalue weighted by atomic mass is 10.0. The highest BCUT2D eigenvalue weighted by atomic mass is 16.4. The van der Waals surface area contributed by atoms with Crippen LogP contribution in [0.4, 0.5) is 0 Å². The molecule has 1 aromatic carbocycles. The Morgan fingerprint density at radius 2 is 1.72 bits per heavy atom. The molecule has 1 N–H and O–H groups in total. The van der Waals surface area contributed by atoms with Crippen molar-refractivity contribution in [2.75, 3.05) is 13.1 Å². The minimum absolute atomic E-state index is 0.0294. The van der Waals surface area contributed by atoms with E-state index in [0.29, 0.717) is 0 Å². The van der Waals surface area contributed by atoms with Gasteiger partial charge in [-0.1, -0.05) is 43.2 Å². The number of carboxylic acid groups (broad SMARTS) is 1. The Bertz CT molecular complexity index is 369.